The number of hydrogen-bond donors (Lipinski definition) is 0. The van der Waals surface area contributed by atoms with Crippen LogP contribution in [0.1, 0.15) is 0 Å². The second-order valence-corrected chi connectivity index (χ2v) is 1.72. The molecule has 0 saturated heterocycles. The Labute approximate surface area is 111 Å². The van der Waals surface area contributed by atoms with Crippen LogP contribution in [0.15, 0.2) is 24.3 Å². The van der Waals surface area contributed by atoms with E-state index in [1.165, 1.54) is 18.2 Å². The average Bonchev–Trinajstić information content (AvgIpc) is 1.88. The molecule has 0 radical (unpaired) electrons. The van der Waals surface area contributed by atoms with Crippen molar-refractivity contribution >= 4 is 5.69 Å². The number of hydrogen-bond acceptors (Lipinski definition) is 3. The summed E-state index contributed by atoms with van der Waals surface area (Å²) in [4.78, 5) is 9.34. The van der Waals surface area contributed by atoms with Crippen molar-refractivity contribution in [2.75, 3.05) is 0 Å². The van der Waals surface area contributed by atoms with Gasteiger partial charge in [0.05, 0.1) is 4.92 Å². The van der Waals surface area contributed by atoms with Crippen molar-refractivity contribution < 1.29 is 66.9 Å². The topological polar surface area (TPSA) is 97.7 Å². The van der Waals surface area contributed by atoms with Crippen molar-refractivity contribution in [3.63, 3.8) is 0 Å². The smallest absolute Gasteiger partial charge is 0.868 e. The summed E-state index contributed by atoms with van der Waals surface area (Å²) in [6, 6.07) is 5.27. The minimum atomic E-state index is -0.692. The molecule has 1 aromatic carbocycles. The van der Waals surface area contributed by atoms with Gasteiger partial charge in [0.1, 0.15) is 0 Å². The number of nitro groups is 1. The Hall–Kier alpha value is 0.0164. The van der Waals surface area contributed by atoms with Gasteiger partial charge in [-0.3, -0.25) is 10.1 Å². The maximum Gasteiger partial charge on any atom is 1.00 e. The van der Waals surface area contributed by atoms with Gasteiger partial charge in [-0.25, -0.2) is 0 Å². The standard InChI is InChI=1S/C6H5NO3.K.H2O/c8-6-4-2-1-3-5(6)7(9)10;;/h1-4,8H;;1H2/q;+1;/p-1. The van der Waals surface area contributed by atoms with Crippen molar-refractivity contribution in [1.82, 2.24) is 0 Å². The van der Waals surface area contributed by atoms with Crippen LogP contribution in [-0.4, -0.2) is 10.4 Å². The van der Waals surface area contributed by atoms with Gasteiger partial charge in [-0.05, 0) is 5.75 Å². The first kappa shape index (κ1) is 14.5. The summed E-state index contributed by atoms with van der Waals surface area (Å²) in [6.07, 6.45) is 0. The predicted molar refractivity (Wildman–Crippen MR) is 36.2 cm³/mol. The van der Waals surface area contributed by atoms with E-state index in [4.69, 9.17) is 0 Å². The van der Waals surface area contributed by atoms with E-state index in [1.54, 1.807) is 0 Å². The van der Waals surface area contributed by atoms with Gasteiger partial charge in [0.15, 0.2) is 0 Å². The molecule has 1 rings (SSSR count). The molecule has 0 unspecified atom stereocenters. The molecule has 2 N–H and O–H groups in total. The van der Waals surface area contributed by atoms with Crippen molar-refractivity contribution in [1.29, 1.82) is 0 Å². The molecular weight excluding hydrogens is 189 g/mol. The average molecular weight is 195 g/mol. The van der Waals surface area contributed by atoms with E-state index in [1.807, 2.05) is 0 Å². The van der Waals surface area contributed by atoms with Gasteiger partial charge < -0.3 is 10.6 Å². The molecule has 0 amide bonds. The van der Waals surface area contributed by atoms with Crippen LogP contribution >= 0.6 is 0 Å². The van der Waals surface area contributed by atoms with Crippen molar-refractivity contribution in [3.05, 3.63) is 34.4 Å². The summed E-state index contributed by atoms with van der Waals surface area (Å²) < 4.78 is 0. The van der Waals surface area contributed by atoms with E-state index in [9.17, 15) is 15.2 Å². The third-order valence-electron chi connectivity index (χ3n) is 1.06. The molecule has 0 heterocycles. The molecule has 0 aliphatic heterocycles. The molecule has 0 aromatic heterocycles. The molecule has 0 spiro atoms. The zero-order valence-electron chi connectivity index (χ0n) is 6.48. The van der Waals surface area contributed by atoms with Gasteiger partial charge in [-0.15, -0.1) is 0 Å². The molecule has 1 aromatic rings. The Morgan fingerprint density at radius 3 is 2.08 bits per heavy atom. The summed E-state index contributed by atoms with van der Waals surface area (Å²) >= 11 is 0. The zero-order chi connectivity index (χ0) is 7.56. The second-order valence-electron chi connectivity index (χ2n) is 1.72. The van der Waals surface area contributed by atoms with Crippen LogP contribution in [-0.2, 0) is 0 Å². The van der Waals surface area contributed by atoms with Crippen LogP contribution < -0.4 is 56.5 Å². The van der Waals surface area contributed by atoms with Crippen molar-refractivity contribution in [2.24, 2.45) is 0 Å². The first-order chi connectivity index (χ1) is 4.72. The molecule has 0 aliphatic rings. The molecule has 0 saturated carbocycles. The number of rotatable bonds is 1. The van der Waals surface area contributed by atoms with Crippen LogP contribution in [0.5, 0.6) is 5.75 Å². The van der Waals surface area contributed by atoms with Crippen molar-refractivity contribution in [3.8, 4) is 5.75 Å². The number of para-hydroxylation sites is 2. The van der Waals surface area contributed by atoms with Crippen LogP contribution in [0.4, 0.5) is 5.69 Å². The molecule has 0 atom stereocenters. The molecule has 60 valence electrons. The van der Waals surface area contributed by atoms with Crippen LogP contribution in [0.2, 0.25) is 0 Å². The Kier molecular flexibility index (Phi) is 7.90. The minimum absolute atomic E-state index is 0. The maximum atomic E-state index is 10.6. The first-order valence-corrected chi connectivity index (χ1v) is 2.62. The van der Waals surface area contributed by atoms with Gasteiger partial charge in [-0.1, -0.05) is 18.2 Å². The van der Waals surface area contributed by atoms with E-state index in [0.29, 0.717) is 0 Å². The van der Waals surface area contributed by atoms with Crippen LogP contribution in [0.3, 0.4) is 0 Å². The fourth-order valence-electron chi connectivity index (χ4n) is 0.608. The molecule has 12 heavy (non-hydrogen) atoms. The molecule has 0 aliphatic carbocycles. The van der Waals surface area contributed by atoms with E-state index < -0.39 is 10.7 Å². The minimum Gasteiger partial charge on any atom is -0.868 e. The molecule has 6 heteroatoms. The first-order valence-electron chi connectivity index (χ1n) is 2.62. The van der Waals surface area contributed by atoms with Crippen LogP contribution in [0.25, 0.3) is 0 Å². The second kappa shape index (κ2) is 6.52. The van der Waals surface area contributed by atoms with Gasteiger partial charge in [-0.2, -0.15) is 0 Å². The summed E-state index contributed by atoms with van der Waals surface area (Å²) in [7, 11) is 0. The Morgan fingerprint density at radius 2 is 1.75 bits per heavy atom. The van der Waals surface area contributed by atoms with Gasteiger partial charge in [0.25, 0.3) is 5.69 Å². The summed E-state index contributed by atoms with van der Waals surface area (Å²) in [5.74, 6) is -0.549. The predicted octanol–water partition coefficient (Wildman–Crippen LogP) is -3.15. The van der Waals surface area contributed by atoms with E-state index >= 15 is 0 Å². The van der Waals surface area contributed by atoms with Crippen molar-refractivity contribution in [2.45, 2.75) is 0 Å². The van der Waals surface area contributed by atoms with E-state index in [0.717, 1.165) is 6.07 Å². The normalized spacial score (nSPS) is 7.67. The molecule has 0 bridgehead atoms. The number of benzene rings is 1. The maximum absolute atomic E-state index is 10.6. The van der Waals surface area contributed by atoms with E-state index in [2.05, 4.69) is 0 Å². The molecule has 0 fully saturated rings. The zero-order valence-corrected chi connectivity index (χ0v) is 9.60. The fourth-order valence-corrected chi connectivity index (χ4v) is 0.608. The van der Waals surface area contributed by atoms with Gasteiger partial charge >= 0.3 is 51.4 Å². The molecular formula is C6H6KNO4. The number of nitro benzene ring substituents is 1. The monoisotopic (exact) mass is 195 g/mol. The summed E-state index contributed by atoms with van der Waals surface area (Å²) in [6.45, 7) is 0. The largest absolute Gasteiger partial charge is 1.00 e. The summed E-state index contributed by atoms with van der Waals surface area (Å²) in [5, 5.41) is 20.6. The Balaban J connectivity index is 0. The third kappa shape index (κ3) is 3.61. The fraction of sp³-hybridized carbons (Fsp3) is 0. The van der Waals surface area contributed by atoms with E-state index in [-0.39, 0.29) is 62.5 Å². The Morgan fingerprint density at radius 1 is 1.25 bits per heavy atom. The third-order valence-corrected chi connectivity index (χ3v) is 1.06. The molecule has 5 nitrogen and oxygen atoms in total. The Bertz CT molecular complexity index is 265. The quantitative estimate of drug-likeness (QED) is 0.269. The number of nitrogens with zero attached hydrogens (tertiary/aromatic N) is 1. The SMILES string of the molecule is O.O=[N+]([O-])c1ccccc1[O-].[K+]. The van der Waals surface area contributed by atoms with Gasteiger partial charge in [0, 0.05) is 6.07 Å². The van der Waals surface area contributed by atoms with Gasteiger partial charge in [0.2, 0.25) is 0 Å². The van der Waals surface area contributed by atoms with Crippen LogP contribution in [0, 0.1) is 10.1 Å². The summed E-state index contributed by atoms with van der Waals surface area (Å²) in [5.41, 5.74) is -0.373.